The van der Waals surface area contributed by atoms with Gasteiger partial charge < -0.3 is 29.4 Å². The topological polar surface area (TPSA) is 97.2 Å². The summed E-state index contributed by atoms with van der Waals surface area (Å²) in [6.45, 7) is 0.873. The van der Waals surface area contributed by atoms with E-state index in [9.17, 15) is 14.8 Å². The highest BCUT2D eigenvalue weighted by molar-refractivity contribution is 6.62. The number of benzene rings is 3. The SMILES string of the molecule is COc1ccc2c(c1)B(O)OC2.O=C(Nc1ccccc1)c1ccc2c(c1)B(O)OC2. The minimum Gasteiger partial charge on any atom is -0.497 e. The van der Waals surface area contributed by atoms with E-state index in [4.69, 9.17) is 14.0 Å². The number of ether oxygens (including phenoxy) is 1. The zero-order chi connectivity index (χ0) is 21.8. The molecular formula is C22H21B2NO6. The zero-order valence-electron chi connectivity index (χ0n) is 16.9. The van der Waals surface area contributed by atoms with Crippen LogP contribution in [-0.4, -0.2) is 37.3 Å². The molecule has 0 spiro atoms. The fraction of sp³-hybridized carbons (Fsp3) is 0.136. The molecule has 1 amide bonds. The van der Waals surface area contributed by atoms with Crippen molar-refractivity contribution in [2.24, 2.45) is 0 Å². The quantitative estimate of drug-likeness (QED) is 0.552. The van der Waals surface area contributed by atoms with Gasteiger partial charge in [0.1, 0.15) is 5.75 Å². The van der Waals surface area contributed by atoms with E-state index in [0.29, 0.717) is 24.2 Å². The van der Waals surface area contributed by atoms with Crippen LogP contribution in [0.4, 0.5) is 5.69 Å². The molecule has 156 valence electrons. The van der Waals surface area contributed by atoms with E-state index in [1.807, 2.05) is 48.5 Å². The van der Waals surface area contributed by atoms with Crippen molar-refractivity contribution in [1.82, 2.24) is 0 Å². The molecule has 0 saturated heterocycles. The van der Waals surface area contributed by atoms with Crippen molar-refractivity contribution >= 4 is 36.8 Å². The number of anilines is 1. The molecule has 2 aliphatic heterocycles. The third-order valence-corrected chi connectivity index (χ3v) is 5.12. The van der Waals surface area contributed by atoms with Crippen LogP contribution in [0.15, 0.2) is 66.7 Å². The number of amides is 1. The molecule has 7 nitrogen and oxygen atoms in total. The second kappa shape index (κ2) is 9.36. The average Bonchev–Trinajstić information content (AvgIpc) is 3.37. The maximum Gasteiger partial charge on any atom is 0.491 e. The molecule has 3 aromatic rings. The lowest BCUT2D eigenvalue weighted by molar-refractivity contribution is 0.102. The second-order valence-corrected chi connectivity index (χ2v) is 7.13. The highest BCUT2D eigenvalue weighted by Crippen LogP contribution is 2.15. The third-order valence-electron chi connectivity index (χ3n) is 5.12. The van der Waals surface area contributed by atoms with E-state index in [1.54, 1.807) is 25.3 Å². The summed E-state index contributed by atoms with van der Waals surface area (Å²) in [4.78, 5) is 12.1. The van der Waals surface area contributed by atoms with E-state index in [-0.39, 0.29) is 5.91 Å². The van der Waals surface area contributed by atoms with Crippen LogP contribution in [0.3, 0.4) is 0 Å². The van der Waals surface area contributed by atoms with Crippen LogP contribution in [0, 0.1) is 0 Å². The number of hydrogen-bond acceptors (Lipinski definition) is 6. The zero-order valence-corrected chi connectivity index (χ0v) is 16.9. The highest BCUT2D eigenvalue weighted by atomic mass is 16.5. The first kappa shape index (κ1) is 21.1. The first-order valence-electron chi connectivity index (χ1n) is 9.80. The Morgan fingerprint density at radius 3 is 2.16 bits per heavy atom. The number of nitrogens with one attached hydrogen (secondary N) is 1. The predicted octanol–water partition coefficient (Wildman–Crippen LogP) is 1.07. The summed E-state index contributed by atoms with van der Waals surface area (Å²) in [5, 5.41) is 21.7. The maximum absolute atomic E-state index is 12.1. The molecule has 2 heterocycles. The van der Waals surface area contributed by atoms with Crippen molar-refractivity contribution in [1.29, 1.82) is 0 Å². The molecular weight excluding hydrogens is 396 g/mol. The number of para-hydroxylation sites is 1. The van der Waals surface area contributed by atoms with Crippen LogP contribution in [0.5, 0.6) is 5.75 Å². The van der Waals surface area contributed by atoms with E-state index < -0.39 is 14.2 Å². The minimum absolute atomic E-state index is 0.201. The summed E-state index contributed by atoms with van der Waals surface area (Å²) in [5.41, 5.74) is 4.68. The Hall–Kier alpha value is -3.10. The molecule has 3 N–H and O–H groups in total. The van der Waals surface area contributed by atoms with Crippen molar-refractivity contribution < 1.29 is 28.9 Å². The Bertz CT molecular complexity index is 1080. The molecule has 9 heteroatoms. The summed E-state index contributed by atoms with van der Waals surface area (Å²) in [6.07, 6.45) is 0. The minimum atomic E-state index is -0.931. The molecule has 0 fully saturated rings. The van der Waals surface area contributed by atoms with Crippen molar-refractivity contribution in [3.63, 3.8) is 0 Å². The monoisotopic (exact) mass is 417 g/mol. The van der Waals surface area contributed by atoms with Crippen molar-refractivity contribution in [3.8, 4) is 5.75 Å². The molecule has 0 aromatic heterocycles. The van der Waals surface area contributed by atoms with Gasteiger partial charge in [-0.3, -0.25) is 4.79 Å². The van der Waals surface area contributed by atoms with Gasteiger partial charge in [-0.25, -0.2) is 0 Å². The fourth-order valence-corrected chi connectivity index (χ4v) is 3.40. The van der Waals surface area contributed by atoms with Gasteiger partial charge in [0.2, 0.25) is 0 Å². The van der Waals surface area contributed by atoms with Crippen LogP contribution >= 0.6 is 0 Å². The maximum atomic E-state index is 12.1. The molecule has 3 aromatic carbocycles. The molecule has 2 aliphatic rings. The Morgan fingerprint density at radius 1 is 0.903 bits per heavy atom. The van der Waals surface area contributed by atoms with Gasteiger partial charge >= 0.3 is 14.2 Å². The molecule has 0 saturated carbocycles. The molecule has 5 rings (SSSR count). The second-order valence-electron chi connectivity index (χ2n) is 7.13. The average molecular weight is 417 g/mol. The molecule has 0 bridgehead atoms. The number of methoxy groups -OCH3 is 1. The highest BCUT2D eigenvalue weighted by Gasteiger charge is 2.28. The Kier molecular flexibility index (Phi) is 6.39. The number of carbonyl (C=O) groups is 1. The summed E-state index contributed by atoms with van der Waals surface area (Å²) in [6, 6.07) is 20.0. The first-order chi connectivity index (χ1) is 15.0. The van der Waals surface area contributed by atoms with E-state index >= 15 is 0 Å². The summed E-state index contributed by atoms with van der Waals surface area (Å²) < 4.78 is 15.1. The fourth-order valence-electron chi connectivity index (χ4n) is 3.40. The number of fused-ring (bicyclic) bond motifs is 2. The molecule has 0 unspecified atom stereocenters. The largest absolute Gasteiger partial charge is 0.497 e. The lowest BCUT2D eigenvalue weighted by Crippen LogP contribution is -2.29. The van der Waals surface area contributed by atoms with Crippen LogP contribution < -0.4 is 21.0 Å². The normalized spacial score (nSPS) is 13.8. The molecule has 0 aliphatic carbocycles. The van der Waals surface area contributed by atoms with E-state index in [2.05, 4.69) is 5.32 Å². The lowest BCUT2D eigenvalue weighted by Gasteiger charge is -2.06. The first-order valence-corrected chi connectivity index (χ1v) is 9.80. The van der Waals surface area contributed by atoms with Gasteiger partial charge in [-0.05, 0) is 58.5 Å². The van der Waals surface area contributed by atoms with Crippen LogP contribution in [-0.2, 0) is 22.5 Å². The summed E-state index contributed by atoms with van der Waals surface area (Å²) in [5.74, 6) is 0.548. The van der Waals surface area contributed by atoms with Crippen LogP contribution in [0.25, 0.3) is 0 Å². The van der Waals surface area contributed by atoms with Gasteiger partial charge in [-0.1, -0.05) is 30.3 Å². The molecule has 0 radical (unpaired) electrons. The number of rotatable bonds is 3. The van der Waals surface area contributed by atoms with Crippen molar-refractivity contribution in [2.45, 2.75) is 13.2 Å². The van der Waals surface area contributed by atoms with Crippen molar-refractivity contribution in [2.75, 3.05) is 12.4 Å². The van der Waals surface area contributed by atoms with Gasteiger partial charge in [-0.2, -0.15) is 0 Å². The summed E-state index contributed by atoms with van der Waals surface area (Å²) >= 11 is 0. The van der Waals surface area contributed by atoms with Gasteiger partial charge in [0.05, 0.1) is 20.3 Å². The number of hydrogen-bond donors (Lipinski definition) is 3. The van der Waals surface area contributed by atoms with E-state index in [0.717, 1.165) is 28.0 Å². The van der Waals surface area contributed by atoms with Crippen LogP contribution in [0.1, 0.15) is 21.5 Å². The summed E-state index contributed by atoms with van der Waals surface area (Å²) in [7, 11) is -0.112. The molecule has 0 atom stereocenters. The third kappa shape index (κ3) is 4.81. The van der Waals surface area contributed by atoms with E-state index in [1.165, 1.54) is 0 Å². The predicted molar refractivity (Wildman–Crippen MR) is 119 cm³/mol. The smallest absolute Gasteiger partial charge is 0.491 e. The van der Waals surface area contributed by atoms with Gasteiger partial charge in [0.15, 0.2) is 0 Å². The Morgan fingerprint density at radius 2 is 1.52 bits per heavy atom. The Balaban J connectivity index is 0.000000166. The van der Waals surface area contributed by atoms with Gasteiger partial charge in [0, 0.05) is 11.3 Å². The van der Waals surface area contributed by atoms with Crippen LogP contribution in [0.2, 0.25) is 0 Å². The van der Waals surface area contributed by atoms with Gasteiger partial charge in [-0.15, -0.1) is 0 Å². The standard InChI is InChI=1S/C14H12BNO3.C8H9BO3/c17-14(16-12-4-2-1-3-5-12)10-6-7-11-9-19-15(18)13(11)8-10;1-11-7-3-2-6-5-12-9(10)8(6)4-7/h1-8,18H,9H2,(H,16,17);2-4,10H,5H2,1H3. The Labute approximate surface area is 180 Å². The van der Waals surface area contributed by atoms with Gasteiger partial charge in [0.25, 0.3) is 5.91 Å². The number of carbonyl (C=O) groups excluding carboxylic acids is 1. The lowest BCUT2D eigenvalue weighted by atomic mass is 9.79. The van der Waals surface area contributed by atoms with Crippen molar-refractivity contribution in [3.05, 3.63) is 83.4 Å². The molecule has 31 heavy (non-hydrogen) atoms.